The van der Waals surface area contributed by atoms with E-state index < -0.39 is 23.8 Å². The van der Waals surface area contributed by atoms with Crippen molar-refractivity contribution in [1.82, 2.24) is 15.5 Å². The third kappa shape index (κ3) is 8.37. The number of carbonyl (C=O) groups is 3. The van der Waals surface area contributed by atoms with Gasteiger partial charge in [-0.2, -0.15) is 0 Å². The molecule has 1 fully saturated rings. The van der Waals surface area contributed by atoms with Gasteiger partial charge in [0.2, 0.25) is 11.8 Å². The normalized spacial score (nSPS) is 16.4. The van der Waals surface area contributed by atoms with Crippen LogP contribution in [0.4, 0.5) is 4.79 Å². The Labute approximate surface area is 198 Å². The molecule has 7 heteroatoms. The van der Waals surface area contributed by atoms with Crippen LogP contribution in [-0.2, 0) is 14.3 Å². The minimum Gasteiger partial charge on any atom is -0.444 e. The number of nitrogens with zero attached hydrogens (tertiary/aromatic N) is 1. The van der Waals surface area contributed by atoms with E-state index in [2.05, 4.69) is 10.6 Å². The summed E-state index contributed by atoms with van der Waals surface area (Å²) in [6.07, 6.45) is 5.36. The van der Waals surface area contributed by atoms with Crippen molar-refractivity contribution in [3.8, 4) is 0 Å². The minimum atomic E-state index is -0.832. The van der Waals surface area contributed by atoms with Gasteiger partial charge in [0.05, 0.1) is 0 Å². The molecule has 0 aliphatic heterocycles. The molecule has 2 rings (SSSR count). The monoisotopic (exact) mass is 459 g/mol. The first-order chi connectivity index (χ1) is 15.5. The highest BCUT2D eigenvalue weighted by atomic mass is 16.6. The van der Waals surface area contributed by atoms with E-state index in [1.165, 1.54) is 6.42 Å². The third-order valence-corrected chi connectivity index (χ3v) is 5.72. The predicted octanol–water partition coefficient (Wildman–Crippen LogP) is 4.64. The lowest BCUT2D eigenvalue weighted by Gasteiger charge is -2.35. The van der Waals surface area contributed by atoms with Crippen molar-refractivity contribution in [3.05, 3.63) is 35.4 Å². The predicted molar refractivity (Wildman–Crippen MR) is 130 cm³/mol. The molecule has 0 saturated heterocycles. The van der Waals surface area contributed by atoms with Gasteiger partial charge in [-0.25, -0.2) is 4.79 Å². The Balaban J connectivity index is 2.29. The Morgan fingerprint density at radius 3 is 2.39 bits per heavy atom. The summed E-state index contributed by atoms with van der Waals surface area (Å²) >= 11 is 0. The summed E-state index contributed by atoms with van der Waals surface area (Å²) in [4.78, 5) is 40.9. The molecular formula is C26H41N3O4. The van der Waals surface area contributed by atoms with E-state index >= 15 is 0 Å². The number of hydrogen-bond acceptors (Lipinski definition) is 4. The molecular weight excluding hydrogens is 418 g/mol. The summed E-state index contributed by atoms with van der Waals surface area (Å²) in [5.74, 6) is -0.480. The van der Waals surface area contributed by atoms with Crippen LogP contribution >= 0.6 is 0 Å². The number of nitrogens with one attached hydrogen (secondary N) is 2. The summed E-state index contributed by atoms with van der Waals surface area (Å²) in [5.41, 5.74) is 1.13. The van der Waals surface area contributed by atoms with Crippen molar-refractivity contribution >= 4 is 17.9 Å². The van der Waals surface area contributed by atoms with E-state index in [1.807, 2.05) is 38.1 Å². The molecule has 0 aromatic heterocycles. The summed E-state index contributed by atoms with van der Waals surface area (Å²) in [7, 11) is 0. The van der Waals surface area contributed by atoms with Crippen LogP contribution in [0.1, 0.15) is 90.3 Å². The molecule has 184 valence electrons. The molecule has 1 aliphatic rings. The largest absolute Gasteiger partial charge is 0.444 e. The van der Waals surface area contributed by atoms with Crippen LogP contribution < -0.4 is 10.6 Å². The molecule has 2 atom stereocenters. The van der Waals surface area contributed by atoms with Crippen molar-refractivity contribution in [2.75, 3.05) is 6.54 Å². The molecule has 2 N–H and O–H groups in total. The first kappa shape index (κ1) is 26.7. The zero-order valence-corrected chi connectivity index (χ0v) is 21.1. The van der Waals surface area contributed by atoms with Gasteiger partial charge in [0, 0.05) is 12.6 Å². The topological polar surface area (TPSA) is 87.7 Å². The van der Waals surface area contributed by atoms with Crippen LogP contribution in [0.3, 0.4) is 0 Å². The van der Waals surface area contributed by atoms with Gasteiger partial charge >= 0.3 is 6.09 Å². The van der Waals surface area contributed by atoms with Gasteiger partial charge in [0.25, 0.3) is 0 Å². The van der Waals surface area contributed by atoms with E-state index in [4.69, 9.17) is 4.74 Å². The summed E-state index contributed by atoms with van der Waals surface area (Å²) in [6, 6.07) is 6.26. The van der Waals surface area contributed by atoms with Crippen molar-refractivity contribution < 1.29 is 19.1 Å². The summed E-state index contributed by atoms with van der Waals surface area (Å²) in [5, 5.41) is 5.83. The second-order valence-electron chi connectivity index (χ2n) is 10.1. The molecule has 1 aromatic carbocycles. The van der Waals surface area contributed by atoms with Gasteiger partial charge in [-0.15, -0.1) is 0 Å². The molecule has 2 unspecified atom stereocenters. The maximum absolute atomic E-state index is 13.6. The number of carbonyl (C=O) groups excluding carboxylic acids is 3. The average Bonchev–Trinajstić information content (AvgIpc) is 2.72. The number of amides is 3. The lowest BCUT2D eigenvalue weighted by molar-refractivity contribution is -0.142. The molecule has 0 radical (unpaired) electrons. The molecule has 1 saturated carbocycles. The number of ether oxygens (including phenoxy) is 1. The average molecular weight is 460 g/mol. The molecule has 0 heterocycles. The zero-order valence-electron chi connectivity index (χ0n) is 21.1. The van der Waals surface area contributed by atoms with E-state index in [-0.39, 0.29) is 17.9 Å². The number of rotatable bonds is 8. The summed E-state index contributed by atoms with van der Waals surface area (Å²) in [6.45, 7) is 11.3. The summed E-state index contributed by atoms with van der Waals surface area (Å²) < 4.78 is 5.31. The lowest BCUT2D eigenvalue weighted by Crippen LogP contribution is -2.53. The smallest absolute Gasteiger partial charge is 0.408 e. The van der Waals surface area contributed by atoms with Crippen LogP contribution in [0.15, 0.2) is 24.3 Å². The SMILES string of the molecule is CCCN(C(=O)C(C)NC(=O)OC(C)(C)C)C(C(=O)NC1CCCCC1)c1cccc(C)c1. The standard InChI is InChI=1S/C26H41N3O4/c1-7-16-29(24(31)19(3)27-25(32)33-26(4,5)6)22(20-13-11-12-18(2)17-20)23(30)28-21-14-9-8-10-15-21/h11-13,17,19,21-22H,7-10,14-16H2,1-6H3,(H,27,32)(H,28,30). The highest BCUT2D eigenvalue weighted by Crippen LogP contribution is 2.25. The Hall–Kier alpha value is -2.57. The molecule has 1 aromatic rings. The minimum absolute atomic E-state index is 0.134. The molecule has 0 spiro atoms. The highest BCUT2D eigenvalue weighted by Gasteiger charge is 2.35. The van der Waals surface area contributed by atoms with E-state index in [1.54, 1.807) is 32.6 Å². The van der Waals surface area contributed by atoms with Crippen molar-refractivity contribution in [1.29, 1.82) is 0 Å². The molecule has 3 amide bonds. The first-order valence-corrected chi connectivity index (χ1v) is 12.2. The number of aryl methyl sites for hydroxylation is 1. The van der Waals surface area contributed by atoms with Crippen LogP contribution in [0.2, 0.25) is 0 Å². The first-order valence-electron chi connectivity index (χ1n) is 12.2. The Morgan fingerprint density at radius 2 is 1.82 bits per heavy atom. The van der Waals surface area contributed by atoms with E-state index in [0.717, 1.165) is 36.8 Å². The van der Waals surface area contributed by atoms with Gasteiger partial charge in [-0.05, 0) is 59.4 Å². The van der Waals surface area contributed by atoms with Crippen LogP contribution in [0.5, 0.6) is 0 Å². The van der Waals surface area contributed by atoms with Crippen molar-refractivity contribution in [2.24, 2.45) is 0 Å². The number of hydrogen-bond donors (Lipinski definition) is 2. The van der Waals surface area contributed by atoms with Gasteiger partial charge in [0.15, 0.2) is 0 Å². The fraction of sp³-hybridized carbons (Fsp3) is 0.654. The van der Waals surface area contributed by atoms with E-state index in [0.29, 0.717) is 13.0 Å². The lowest BCUT2D eigenvalue weighted by atomic mass is 9.94. The van der Waals surface area contributed by atoms with Gasteiger partial charge in [0.1, 0.15) is 17.7 Å². The highest BCUT2D eigenvalue weighted by molar-refractivity contribution is 5.92. The number of alkyl carbamates (subject to hydrolysis) is 1. The second kappa shape index (κ2) is 12.1. The Morgan fingerprint density at radius 1 is 1.15 bits per heavy atom. The zero-order chi connectivity index (χ0) is 24.6. The Bertz CT molecular complexity index is 812. The third-order valence-electron chi connectivity index (χ3n) is 5.72. The maximum atomic E-state index is 13.6. The van der Waals surface area contributed by atoms with Crippen LogP contribution in [0.25, 0.3) is 0 Å². The second-order valence-corrected chi connectivity index (χ2v) is 10.1. The maximum Gasteiger partial charge on any atom is 0.408 e. The molecule has 33 heavy (non-hydrogen) atoms. The van der Waals surface area contributed by atoms with Crippen molar-refractivity contribution in [2.45, 2.75) is 104 Å². The quantitative estimate of drug-likeness (QED) is 0.593. The Kier molecular flexibility index (Phi) is 9.74. The van der Waals surface area contributed by atoms with E-state index in [9.17, 15) is 14.4 Å². The molecule has 1 aliphatic carbocycles. The van der Waals surface area contributed by atoms with Crippen LogP contribution in [-0.4, -0.2) is 47.0 Å². The fourth-order valence-electron chi connectivity index (χ4n) is 4.24. The van der Waals surface area contributed by atoms with Crippen molar-refractivity contribution in [3.63, 3.8) is 0 Å². The van der Waals surface area contributed by atoms with Gasteiger partial charge in [-0.1, -0.05) is 56.0 Å². The van der Waals surface area contributed by atoms with Crippen LogP contribution in [0, 0.1) is 6.92 Å². The number of benzene rings is 1. The van der Waals surface area contributed by atoms with Gasteiger partial charge in [-0.3, -0.25) is 9.59 Å². The molecule has 0 bridgehead atoms. The fourth-order valence-corrected chi connectivity index (χ4v) is 4.24. The molecule has 7 nitrogen and oxygen atoms in total. The van der Waals surface area contributed by atoms with Gasteiger partial charge < -0.3 is 20.3 Å².